The number of hydrogen-bond donors (Lipinski definition) is 0. The molecular weight excluding hydrogens is 308 g/mol. The van der Waals surface area contributed by atoms with Crippen LogP contribution in [-0.4, -0.2) is 23.9 Å². The third-order valence-corrected chi connectivity index (χ3v) is 3.69. The van der Waals surface area contributed by atoms with Crippen LogP contribution >= 0.6 is 15.9 Å². The maximum Gasteiger partial charge on any atom is 0.387 e. The van der Waals surface area contributed by atoms with Gasteiger partial charge in [-0.3, -0.25) is 4.79 Å². The maximum atomic E-state index is 12.2. The van der Waals surface area contributed by atoms with Crippen LogP contribution < -0.4 is 9.64 Å². The Kier molecular flexibility index (Phi) is 3.85. The van der Waals surface area contributed by atoms with Crippen LogP contribution in [0.25, 0.3) is 0 Å². The highest BCUT2D eigenvalue weighted by molar-refractivity contribution is 9.10. The van der Waals surface area contributed by atoms with Crippen molar-refractivity contribution in [3.63, 3.8) is 0 Å². The van der Waals surface area contributed by atoms with Gasteiger partial charge in [-0.05, 0) is 25.0 Å². The zero-order chi connectivity index (χ0) is 13.3. The van der Waals surface area contributed by atoms with Crippen molar-refractivity contribution in [1.82, 2.24) is 0 Å². The summed E-state index contributed by atoms with van der Waals surface area (Å²) >= 11 is 3.27. The van der Waals surface area contributed by atoms with Gasteiger partial charge in [0.05, 0.1) is 4.83 Å². The summed E-state index contributed by atoms with van der Waals surface area (Å²) in [5.41, 5.74) is 1.20. The third-order valence-electron chi connectivity index (χ3n) is 2.84. The van der Waals surface area contributed by atoms with Crippen LogP contribution in [0.5, 0.6) is 5.75 Å². The zero-order valence-corrected chi connectivity index (χ0v) is 11.3. The number of nitrogens with zero attached hydrogens (tertiary/aromatic N) is 1. The van der Waals surface area contributed by atoms with Crippen molar-refractivity contribution >= 4 is 27.5 Å². The van der Waals surface area contributed by atoms with Gasteiger partial charge in [0, 0.05) is 18.3 Å². The number of alkyl halides is 3. The highest BCUT2D eigenvalue weighted by atomic mass is 79.9. The Morgan fingerprint density at radius 1 is 1.50 bits per heavy atom. The highest BCUT2D eigenvalue weighted by Crippen LogP contribution is 2.30. The molecule has 98 valence electrons. The van der Waals surface area contributed by atoms with Gasteiger partial charge in [0.2, 0.25) is 5.91 Å². The minimum atomic E-state index is -2.86. The number of aryl methyl sites for hydroxylation is 1. The van der Waals surface area contributed by atoms with Gasteiger partial charge in [0.15, 0.2) is 0 Å². The summed E-state index contributed by atoms with van der Waals surface area (Å²) in [5.74, 6) is 0.0511. The predicted molar refractivity (Wildman–Crippen MR) is 67.5 cm³/mol. The fraction of sp³-hybridized carbons (Fsp3) is 0.417. The molecule has 1 unspecified atom stereocenters. The summed E-state index contributed by atoms with van der Waals surface area (Å²) in [4.78, 5) is 13.2. The van der Waals surface area contributed by atoms with Gasteiger partial charge in [-0.2, -0.15) is 8.78 Å². The van der Waals surface area contributed by atoms with Gasteiger partial charge in [-0.25, -0.2) is 0 Å². The summed E-state index contributed by atoms with van der Waals surface area (Å²) in [7, 11) is 0. The molecule has 1 heterocycles. The van der Waals surface area contributed by atoms with Gasteiger partial charge in [-0.1, -0.05) is 22.0 Å². The molecule has 0 radical (unpaired) electrons. The number of ether oxygens (including phenoxy) is 1. The van der Waals surface area contributed by atoms with Crippen molar-refractivity contribution in [2.45, 2.75) is 24.8 Å². The van der Waals surface area contributed by atoms with Crippen LogP contribution in [0.2, 0.25) is 0 Å². The van der Waals surface area contributed by atoms with E-state index in [-0.39, 0.29) is 16.5 Å². The van der Waals surface area contributed by atoms with E-state index in [4.69, 9.17) is 0 Å². The van der Waals surface area contributed by atoms with Crippen LogP contribution in [0.15, 0.2) is 18.2 Å². The molecule has 1 aliphatic heterocycles. The molecule has 3 nitrogen and oxygen atoms in total. The molecule has 1 aromatic carbocycles. The Bertz CT molecular complexity index is 467. The van der Waals surface area contributed by atoms with Gasteiger partial charge in [0.25, 0.3) is 0 Å². The number of benzene rings is 1. The molecule has 1 saturated heterocycles. The lowest BCUT2D eigenvalue weighted by Gasteiger charge is -2.18. The summed E-state index contributed by atoms with van der Waals surface area (Å²) in [6.07, 6.45) is 0.706. The van der Waals surface area contributed by atoms with E-state index in [0.29, 0.717) is 24.2 Å². The smallest absolute Gasteiger partial charge is 0.387 e. The average molecular weight is 320 g/mol. The largest absolute Gasteiger partial charge is 0.434 e. The SMILES string of the molecule is Cc1ccc(N2CCC(Br)C2=O)cc1OC(F)F. The molecule has 0 bridgehead atoms. The summed E-state index contributed by atoms with van der Waals surface area (Å²) in [6, 6.07) is 4.88. The van der Waals surface area contributed by atoms with E-state index < -0.39 is 6.61 Å². The minimum Gasteiger partial charge on any atom is -0.434 e. The second-order valence-corrected chi connectivity index (χ2v) is 5.18. The Labute approximate surface area is 112 Å². The Morgan fingerprint density at radius 2 is 2.22 bits per heavy atom. The van der Waals surface area contributed by atoms with Crippen LogP contribution in [-0.2, 0) is 4.79 Å². The quantitative estimate of drug-likeness (QED) is 0.801. The third kappa shape index (κ3) is 2.63. The normalized spacial score (nSPS) is 19.7. The molecule has 1 atom stereocenters. The van der Waals surface area contributed by atoms with E-state index in [2.05, 4.69) is 20.7 Å². The van der Waals surface area contributed by atoms with E-state index in [1.54, 1.807) is 24.0 Å². The van der Waals surface area contributed by atoms with Crippen molar-refractivity contribution in [2.24, 2.45) is 0 Å². The molecule has 1 amide bonds. The molecule has 0 aliphatic carbocycles. The number of carbonyl (C=O) groups excluding carboxylic acids is 1. The minimum absolute atomic E-state index is 0.0538. The first kappa shape index (κ1) is 13.3. The monoisotopic (exact) mass is 319 g/mol. The molecule has 0 N–H and O–H groups in total. The first-order chi connectivity index (χ1) is 8.49. The first-order valence-corrected chi connectivity index (χ1v) is 6.41. The van der Waals surface area contributed by atoms with Crippen molar-refractivity contribution in [1.29, 1.82) is 0 Å². The van der Waals surface area contributed by atoms with Gasteiger partial charge < -0.3 is 9.64 Å². The fourth-order valence-corrected chi connectivity index (χ4v) is 2.33. The number of amides is 1. The van der Waals surface area contributed by atoms with Gasteiger partial charge in [0.1, 0.15) is 5.75 Å². The Morgan fingerprint density at radius 3 is 2.78 bits per heavy atom. The lowest BCUT2D eigenvalue weighted by molar-refractivity contribution is -0.116. The maximum absolute atomic E-state index is 12.2. The van der Waals surface area contributed by atoms with E-state index in [1.807, 2.05) is 0 Å². The molecule has 1 aliphatic rings. The molecular formula is C12H12BrF2NO2. The second-order valence-electron chi connectivity index (χ2n) is 4.07. The van der Waals surface area contributed by atoms with E-state index in [0.717, 1.165) is 0 Å². The van der Waals surface area contributed by atoms with Crippen LogP contribution in [0.4, 0.5) is 14.5 Å². The first-order valence-electron chi connectivity index (χ1n) is 5.50. The molecule has 2 rings (SSSR count). The molecule has 0 spiro atoms. The molecule has 1 fully saturated rings. The van der Waals surface area contributed by atoms with E-state index in [9.17, 15) is 13.6 Å². The number of rotatable bonds is 3. The van der Waals surface area contributed by atoms with Gasteiger partial charge in [-0.15, -0.1) is 0 Å². The number of hydrogen-bond acceptors (Lipinski definition) is 2. The second kappa shape index (κ2) is 5.22. The Hall–Kier alpha value is -1.17. The van der Waals surface area contributed by atoms with Crippen molar-refractivity contribution < 1.29 is 18.3 Å². The zero-order valence-electron chi connectivity index (χ0n) is 9.70. The van der Waals surface area contributed by atoms with Gasteiger partial charge >= 0.3 is 6.61 Å². The number of carbonyl (C=O) groups is 1. The number of anilines is 1. The highest BCUT2D eigenvalue weighted by Gasteiger charge is 2.30. The summed E-state index contributed by atoms with van der Waals surface area (Å²) in [5, 5.41) is 0. The van der Waals surface area contributed by atoms with E-state index >= 15 is 0 Å². The molecule has 0 saturated carbocycles. The molecule has 1 aromatic rings. The predicted octanol–water partition coefficient (Wildman–Crippen LogP) is 3.10. The van der Waals surface area contributed by atoms with Crippen LogP contribution in [0, 0.1) is 6.92 Å². The molecule has 18 heavy (non-hydrogen) atoms. The average Bonchev–Trinajstić information content (AvgIpc) is 2.63. The van der Waals surface area contributed by atoms with Crippen LogP contribution in [0.1, 0.15) is 12.0 Å². The van der Waals surface area contributed by atoms with Crippen LogP contribution in [0.3, 0.4) is 0 Å². The Balaban J connectivity index is 2.27. The fourth-order valence-electron chi connectivity index (χ4n) is 1.88. The molecule has 6 heteroatoms. The van der Waals surface area contributed by atoms with Crippen molar-refractivity contribution in [3.05, 3.63) is 23.8 Å². The lowest BCUT2D eigenvalue weighted by Crippen LogP contribution is -2.27. The summed E-state index contributed by atoms with van der Waals surface area (Å²) < 4.78 is 28.9. The lowest BCUT2D eigenvalue weighted by atomic mass is 10.2. The summed E-state index contributed by atoms with van der Waals surface area (Å²) in [6.45, 7) is -0.607. The molecule has 0 aromatic heterocycles. The van der Waals surface area contributed by atoms with Crippen molar-refractivity contribution in [2.75, 3.05) is 11.4 Å². The van der Waals surface area contributed by atoms with E-state index in [1.165, 1.54) is 6.07 Å². The number of halogens is 3. The van der Waals surface area contributed by atoms with Crippen molar-refractivity contribution in [3.8, 4) is 5.75 Å². The topological polar surface area (TPSA) is 29.5 Å². The standard InChI is InChI=1S/C12H12BrF2NO2/c1-7-2-3-8(6-10(7)18-12(14)15)16-5-4-9(13)11(16)17/h2-3,6,9,12H,4-5H2,1H3.